The lowest BCUT2D eigenvalue weighted by Gasteiger charge is -2.36. The van der Waals surface area contributed by atoms with Gasteiger partial charge in [-0.2, -0.15) is 0 Å². The highest BCUT2D eigenvalue weighted by Gasteiger charge is 2.53. The molecule has 19 heavy (non-hydrogen) atoms. The predicted molar refractivity (Wildman–Crippen MR) is 74.8 cm³/mol. The molecule has 2 heterocycles. The van der Waals surface area contributed by atoms with E-state index in [0.29, 0.717) is 25.7 Å². The number of fused-ring (bicyclic) bond motifs is 2. The van der Waals surface area contributed by atoms with Crippen molar-refractivity contribution >= 4 is 9.84 Å². The maximum Gasteiger partial charge on any atom is 0.156 e. The number of aryl methyl sites for hydroxylation is 2. The first-order valence-corrected chi connectivity index (χ1v) is 8.47. The van der Waals surface area contributed by atoms with Gasteiger partial charge in [0, 0.05) is 0 Å². The molecule has 2 saturated heterocycles. The van der Waals surface area contributed by atoms with E-state index in [0.717, 1.165) is 11.1 Å². The molecule has 0 radical (unpaired) electrons. The molecule has 0 amide bonds. The summed E-state index contributed by atoms with van der Waals surface area (Å²) in [6.07, 6.45) is 2.13. The van der Waals surface area contributed by atoms with Crippen LogP contribution in [-0.2, 0) is 15.4 Å². The minimum atomic E-state index is -2.99. The molecule has 0 saturated carbocycles. The van der Waals surface area contributed by atoms with Crippen molar-refractivity contribution in [3.63, 3.8) is 0 Å². The second-order valence-electron chi connectivity index (χ2n) is 6.15. The van der Waals surface area contributed by atoms with Crippen LogP contribution in [0.15, 0.2) is 18.2 Å². The molecule has 2 atom stereocenters. The molecule has 2 fully saturated rings. The second-order valence-corrected chi connectivity index (χ2v) is 8.66. The molecule has 3 rings (SSSR count). The van der Waals surface area contributed by atoms with Crippen LogP contribution in [0.4, 0.5) is 0 Å². The van der Waals surface area contributed by atoms with Gasteiger partial charge in [-0.1, -0.05) is 18.2 Å². The summed E-state index contributed by atoms with van der Waals surface area (Å²) in [6, 6.07) is 5.96. The minimum Gasteiger partial charge on any atom is -0.385 e. The average molecular weight is 280 g/mol. The summed E-state index contributed by atoms with van der Waals surface area (Å²) in [5, 5.41) is 10.2. The van der Waals surface area contributed by atoms with E-state index in [1.54, 1.807) is 0 Å². The molecule has 1 aromatic carbocycles. The molecule has 2 bridgehead atoms. The second kappa shape index (κ2) is 4.06. The van der Waals surface area contributed by atoms with Gasteiger partial charge in [-0.3, -0.25) is 0 Å². The van der Waals surface area contributed by atoms with E-state index < -0.39 is 15.4 Å². The Morgan fingerprint density at radius 2 is 1.68 bits per heavy atom. The van der Waals surface area contributed by atoms with Gasteiger partial charge in [0.25, 0.3) is 0 Å². The molecule has 2 unspecified atom stereocenters. The lowest BCUT2D eigenvalue weighted by atomic mass is 9.84. The summed E-state index contributed by atoms with van der Waals surface area (Å²) in [4.78, 5) is 0. The lowest BCUT2D eigenvalue weighted by Crippen LogP contribution is -2.43. The number of benzene rings is 1. The maximum absolute atomic E-state index is 12.1. The molecular formula is C15H20O3S. The lowest BCUT2D eigenvalue weighted by molar-refractivity contribution is 0.0172. The van der Waals surface area contributed by atoms with Crippen molar-refractivity contribution in [1.82, 2.24) is 0 Å². The van der Waals surface area contributed by atoms with E-state index in [1.807, 2.05) is 32.0 Å². The zero-order valence-corrected chi connectivity index (χ0v) is 12.2. The zero-order valence-electron chi connectivity index (χ0n) is 11.4. The number of hydrogen-bond acceptors (Lipinski definition) is 3. The Hall–Kier alpha value is -0.870. The third-order valence-electron chi connectivity index (χ3n) is 4.91. The third kappa shape index (κ3) is 1.93. The van der Waals surface area contributed by atoms with Crippen LogP contribution >= 0.6 is 0 Å². The molecule has 1 aromatic rings. The highest BCUT2D eigenvalue weighted by molar-refractivity contribution is 7.93. The summed E-state index contributed by atoms with van der Waals surface area (Å²) in [6.45, 7) is 4.06. The Bertz CT molecular complexity index is 598. The van der Waals surface area contributed by atoms with Crippen molar-refractivity contribution in [1.29, 1.82) is 0 Å². The van der Waals surface area contributed by atoms with E-state index >= 15 is 0 Å². The fraction of sp³-hybridized carbons (Fsp3) is 0.600. The molecule has 2 aliphatic heterocycles. The summed E-state index contributed by atoms with van der Waals surface area (Å²) in [7, 11) is -2.99. The summed E-state index contributed by atoms with van der Waals surface area (Å²) >= 11 is 0. The first-order chi connectivity index (χ1) is 8.83. The van der Waals surface area contributed by atoms with Crippen LogP contribution in [0.3, 0.4) is 0 Å². The van der Waals surface area contributed by atoms with Crippen LogP contribution in [0.2, 0.25) is 0 Å². The maximum atomic E-state index is 12.1. The number of rotatable bonds is 1. The minimum absolute atomic E-state index is 0.349. The van der Waals surface area contributed by atoms with Gasteiger partial charge in [0.2, 0.25) is 0 Å². The van der Waals surface area contributed by atoms with Crippen LogP contribution in [0.25, 0.3) is 0 Å². The first kappa shape index (κ1) is 13.1. The van der Waals surface area contributed by atoms with Gasteiger partial charge in [0.15, 0.2) is 9.84 Å². The molecule has 2 aliphatic rings. The Kier molecular flexibility index (Phi) is 2.81. The number of hydrogen-bond donors (Lipinski definition) is 1. The molecule has 1 N–H and O–H groups in total. The van der Waals surface area contributed by atoms with Gasteiger partial charge in [-0.05, 0) is 56.2 Å². The van der Waals surface area contributed by atoms with E-state index in [1.165, 1.54) is 5.56 Å². The topological polar surface area (TPSA) is 54.4 Å². The molecule has 104 valence electrons. The highest BCUT2D eigenvalue weighted by atomic mass is 32.2. The Morgan fingerprint density at radius 1 is 1.11 bits per heavy atom. The number of sulfone groups is 1. The van der Waals surface area contributed by atoms with Crippen molar-refractivity contribution in [2.24, 2.45) is 0 Å². The summed E-state index contributed by atoms with van der Waals surface area (Å²) < 4.78 is 24.2. The fourth-order valence-electron chi connectivity index (χ4n) is 3.51. The van der Waals surface area contributed by atoms with Gasteiger partial charge in [0.1, 0.15) is 0 Å². The van der Waals surface area contributed by atoms with Crippen LogP contribution in [0.5, 0.6) is 0 Å². The molecule has 3 nitrogen and oxygen atoms in total. The summed E-state index contributed by atoms with van der Waals surface area (Å²) in [5.74, 6) is 0. The monoisotopic (exact) mass is 280 g/mol. The van der Waals surface area contributed by atoms with Crippen molar-refractivity contribution in [3.8, 4) is 0 Å². The van der Waals surface area contributed by atoms with Crippen LogP contribution < -0.4 is 0 Å². The first-order valence-electron chi connectivity index (χ1n) is 6.86. The number of aliphatic hydroxyl groups is 1. The Morgan fingerprint density at radius 3 is 2.21 bits per heavy atom. The standard InChI is InChI=1S/C15H20O3S/c1-10-3-4-12(7-11(10)2)15(16)8-13-5-6-14(9-15)19(13,17)18/h3-4,7,13-14,16H,5-6,8-9H2,1-2H3. The fourth-order valence-corrected chi connectivity index (χ4v) is 6.00. The van der Waals surface area contributed by atoms with Gasteiger partial charge >= 0.3 is 0 Å². The highest BCUT2D eigenvalue weighted by Crippen LogP contribution is 2.47. The van der Waals surface area contributed by atoms with Crippen molar-refractivity contribution in [3.05, 3.63) is 34.9 Å². The Labute approximate surface area is 114 Å². The normalized spacial score (nSPS) is 36.4. The van der Waals surface area contributed by atoms with Gasteiger partial charge in [0.05, 0.1) is 16.1 Å². The molecule has 0 spiro atoms. The smallest absolute Gasteiger partial charge is 0.156 e. The third-order valence-corrected chi connectivity index (χ3v) is 7.58. The molecule has 4 heteroatoms. The predicted octanol–water partition coefficient (Wildman–Crippen LogP) is 2.23. The molecule has 0 aliphatic carbocycles. The SMILES string of the molecule is Cc1ccc(C2(O)CC3CCC(C2)S3(=O)=O)cc1C. The largest absolute Gasteiger partial charge is 0.385 e. The van der Waals surface area contributed by atoms with E-state index in [9.17, 15) is 13.5 Å². The van der Waals surface area contributed by atoms with E-state index in [4.69, 9.17) is 0 Å². The van der Waals surface area contributed by atoms with Crippen molar-refractivity contribution in [2.75, 3.05) is 0 Å². The zero-order chi connectivity index (χ0) is 13.8. The van der Waals surface area contributed by atoms with Crippen molar-refractivity contribution < 1.29 is 13.5 Å². The van der Waals surface area contributed by atoms with Crippen molar-refractivity contribution in [2.45, 2.75) is 55.6 Å². The van der Waals surface area contributed by atoms with E-state index in [2.05, 4.69) is 0 Å². The van der Waals surface area contributed by atoms with Crippen LogP contribution in [0, 0.1) is 13.8 Å². The summed E-state index contributed by atoms with van der Waals surface area (Å²) in [5.41, 5.74) is 2.25. The average Bonchev–Trinajstić information content (AvgIpc) is 2.53. The molecule has 0 aromatic heterocycles. The Balaban J connectivity index is 1.99. The van der Waals surface area contributed by atoms with Gasteiger partial charge in [-0.25, -0.2) is 8.42 Å². The van der Waals surface area contributed by atoms with Crippen LogP contribution in [0.1, 0.15) is 42.4 Å². The quantitative estimate of drug-likeness (QED) is 0.858. The van der Waals surface area contributed by atoms with Gasteiger partial charge in [-0.15, -0.1) is 0 Å². The van der Waals surface area contributed by atoms with Crippen LogP contribution in [-0.4, -0.2) is 24.0 Å². The van der Waals surface area contributed by atoms with E-state index in [-0.39, 0.29) is 10.5 Å². The molecular weight excluding hydrogens is 260 g/mol. The van der Waals surface area contributed by atoms with Gasteiger partial charge < -0.3 is 5.11 Å².